The third-order valence-electron chi connectivity index (χ3n) is 3.74. The van der Waals surface area contributed by atoms with Crippen molar-refractivity contribution in [1.29, 1.82) is 0 Å². The second kappa shape index (κ2) is 10.4. The molecule has 0 bridgehead atoms. The minimum atomic E-state index is 0.860. The number of unbranched alkanes of at least 4 members (excludes halogenated alkanes) is 7. The maximum absolute atomic E-state index is 4.54. The Balaban J connectivity index is 1.57. The van der Waals surface area contributed by atoms with Crippen molar-refractivity contribution in [3.8, 4) is 11.4 Å². The van der Waals surface area contributed by atoms with Gasteiger partial charge >= 0.3 is 0 Å². The van der Waals surface area contributed by atoms with Crippen LogP contribution in [0.15, 0.2) is 35.5 Å². The van der Waals surface area contributed by atoms with Crippen LogP contribution in [-0.2, 0) is 0 Å². The van der Waals surface area contributed by atoms with Gasteiger partial charge in [0.1, 0.15) is 0 Å². The molecule has 4 heteroatoms. The monoisotopic (exact) mass is 317 g/mol. The summed E-state index contributed by atoms with van der Waals surface area (Å²) in [4.78, 5) is 4.54. The van der Waals surface area contributed by atoms with E-state index >= 15 is 0 Å². The van der Waals surface area contributed by atoms with Crippen LogP contribution in [0.4, 0.5) is 0 Å². The summed E-state index contributed by atoms with van der Waals surface area (Å²) in [5, 5.41) is 8.17. The van der Waals surface area contributed by atoms with Crippen molar-refractivity contribution in [2.45, 2.75) is 63.4 Å². The van der Waals surface area contributed by atoms with Gasteiger partial charge in [0.2, 0.25) is 5.16 Å². The highest BCUT2D eigenvalue weighted by molar-refractivity contribution is 7.99. The zero-order chi connectivity index (χ0) is 15.5. The molecule has 0 saturated carbocycles. The van der Waals surface area contributed by atoms with Gasteiger partial charge in [0, 0.05) is 11.3 Å². The van der Waals surface area contributed by atoms with Gasteiger partial charge in [0.25, 0.3) is 0 Å². The molecule has 0 unspecified atom stereocenters. The van der Waals surface area contributed by atoms with E-state index in [0.29, 0.717) is 0 Å². The van der Waals surface area contributed by atoms with Gasteiger partial charge in [-0.15, -0.1) is 5.10 Å². The SMILES string of the molecule is CCCCCCCCCCSc1n[nH]c(-c2ccccc2)n1. The van der Waals surface area contributed by atoms with Crippen molar-refractivity contribution < 1.29 is 0 Å². The van der Waals surface area contributed by atoms with E-state index < -0.39 is 0 Å². The van der Waals surface area contributed by atoms with Crippen molar-refractivity contribution in [1.82, 2.24) is 15.2 Å². The molecule has 22 heavy (non-hydrogen) atoms. The summed E-state index contributed by atoms with van der Waals surface area (Å²) in [6, 6.07) is 10.1. The minimum Gasteiger partial charge on any atom is -0.258 e. The number of H-pyrrole nitrogens is 1. The van der Waals surface area contributed by atoms with E-state index in [-0.39, 0.29) is 0 Å². The van der Waals surface area contributed by atoms with E-state index in [0.717, 1.165) is 22.3 Å². The van der Waals surface area contributed by atoms with Gasteiger partial charge in [0.05, 0.1) is 0 Å². The Kier molecular flexibility index (Phi) is 8.10. The molecule has 1 N–H and O–H groups in total. The van der Waals surface area contributed by atoms with Gasteiger partial charge < -0.3 is 0 Å². The van der Waals surface area contributed by atoms with Gasteiger partial charge in [-0.05, 0) is 6.42 Å². The smallest absolute Gasteiger partial charge is 0.208 e. The fourth-order valence-corrected chi connectivity index (χ4v) is 3.23. The summed E-state index contributed by atoms with van der Waals surface area (Å²) in [5.41, 5.74) is 1.09. The average molecular weight is 318 g/mol. The Hall–Kier alpha value is -1.29. The highest BCUT2D eigenvalue weighted by atomic mass is 32.2. The Morgan fingerprint density at radius 1 is 0.909 bits per heavy atom. The lowest BCUT2D eigenvalue weighted by Gasteiger charge is -2.00. The number of aromatic nitrogens is 3. The van der Waals surface area contributed by atoms with E-state index in [2.05, 4.69) is 22.1 Å². The van der Waals surface area contributed by atoms with Gasteiger partial charge in [-0.2, -0.15) is 0 Å². The third-order valence-corrected chi connectivity index (χ3v) is 4.67. The standard InChI is InChI=1S/C18H27N3S/c1-2-3-4-5-6-7-8-12-15-22-18-19-17(20-21-18)16-13-10-9-11-14-16/h9-11,13-14H,2-8,12,15H2,1H3,(H,19,20,21). The number of aromatic amines is 1. The summed E-state index contributed by atoms with van der Waals surface area (Å²) in [5.74, 6) is 1.97. The molecule has 0 aliphatic heterocycles. The quantitative estimate of drug-likeness (QED) is 0.426. The maximum atomic E-state index is 4.54. The molecule has 0 radical (unpaired) electrons. The van der Waals surface area contributed by atoms with Crippen LogP contribution in [0.25, 0.3) is 11.4 Å². The van der Waals surface area contributed by atoms with Gasteiger partial charge in [-0.3, -0.25) is 5.10 Å². The van der Waals surface area contributed by atoms with Crippen molar-refractivity contribution in [2.75, 3.05) is 5.75 Å². The second-order valence-electron chi connectivity index (χ2n) is 5.66. The molecule has 0 saturated heterocycles. The van der Waals surface area contributed by atoms with Crippen LogP contribution in [0.3, 0.4) is 0 Å². The van der Waals surface area contributed by atoms with Gasteiger partial charge in [-0.25, -0.2) is 4.98 Å². The van der Waals surface area contributed by atoms with E-state index in [1.807, 2.05) is 30.3 Å². The normalized spacial score (nSPS) is 11.0. The highest BCUT2D eigenvalue weighted by Gasteiger charge is 2.05. The van der Waals surface area contributed by atoms with Crippen molar-refractivity contribution in [3.63, 3.8) is 0 Å². The summed E-state index contributed by atoms with van der Waals surface area (Å²) in [6.45, 7) is 2.27. The Morgan fingerprint density at radius 3 is 2.32 bits per heavy atom. The zero-order valence-corrected chi connectivity index (χ0v) is 14.4. The molecule has 3 nitrogen and oxygen atoms in total. The zero-order valence-electron chi connectivity index (χ0n) is 13.6. The molecule has 120 valence electrons. The van der Waals surface area contributed by atoms with E-state index in [9.17, 15) is 0 Å². The summed E-state index contributed by atoms with van der Waals surface area (Å²) in [6.07, 6.45) is 10.9. The van der Waals surface area contributed by atoms with E-state index in [4.69, 9.17) is 0 Å². The predicted molar refractivity (Wildman–Crippen MR) is 95.2 cm³/mol. The van der Waals surface area contributed by atoms with Crippen LogP contribution in [-0.4, -0.2) is 20.9 Å². The van der Waals surface area contributed by atoms with Crippen molar-refractivity contribution in [2.24, 2.45) is 0 Å². The summed E-state index contributed by atoms with van der Waals surface area (Å²) >= 11 is 1.75. The molecule has 2 rings (SSSR count). The van der Waals surface area contributed by atoms with Gasteiger partial charge in [0.15, 0.2) is 5.82 Å². The Bertz CT molecular complexity index is 510. The van der Waals surface area contributed by atoms with Gasteiger partial charge in [-0.1, -0.05) is 94.0 Å². The molecule has 0 aliphatic rings. The first-order valence-electron chi connectivity index (χ1n) is 8.51. The summed E-state index contributed by atoms with van der Waals surface area (Å²) < 4.78 is 0. The predicted octanol–water partition coefficient (Wildman–Crippen LogP) is 5.70. The number of benzene rings is 1. The Labute approximate surface area is 138 Å². The lowest BCUT2D eigenvalue weighted by Crippen LogP contribution is -1.84. The van der Waals surface area contributed by atoms with E-state index in [1.165, 1.54) is 51.4 Å². The molecule has 2 aromatic rings. The van der Waals surface area contributed by atoms with Crippen LogP contribution in [0.1, 0.15) is 58.3 Å². The van der Waals surface area contributed by atoms with Crippen molar-refractivity contribution in [3.05, 3.63) is 30.3 Å². The van der Waals surface area contributed by atoms with Crippen molar-refractivity contribution >= 4 is 11.8 Å². The average Bonchev–Trinajstić information content (AvgIpc) is 3.03. The molecule has 1 aromatic heterocycles. The first kappa shape index (κ1) is 17.1. The largest absolute Gasteiger partial charge is 0.258 e. The van der Waals surface area contributed by atoms with Crippen LogP contribution in [0.2, 0.25) is 0 Å². The number of rotatable bonds is 11. The first-order valence-corrected chi connectivity index (χ1v) is 9.49. The number of hydrogen-bond donors (Lipinski definition) is 1. The molecule has 0 amide bonds. The number of nitrogens with one attached hydrogen (secondary N) is 1. The van der Waals surface area contributed by atoms with E-state index in [1.54, 1.807) is 11.8 Å². The summed E-state index contributed by atoms with van der Waals surface area (Å²) in [7, 11) is 0. The topological polar surface area (TPSA) is 41.6 Å². The third kappa shape index (κ3) is 6.22. The fraction of sp³-hybridized carbons (Fsp3) is 0.556. The number of nitrogens with zero attached hydrogens (tertiary/aromatic N) is 2. The van der Waals surface area contributed by atoms with Crippen LogP contribution in [0.5, 0.6) is 0 Å². The molecular formula is C18H27N3S. The fourth-order valence-electron chi connectivity index (χ4n) is 2.44. The lowest BCUT2D eigenvalue weighted by atomic mass is 10.1. The molecule has 1 heterocycles. The van der Waals surface area contributed by atoms with Crippen LogP contribution >= 0.6 is 11.8 Å². The molecule has 1 aromatic carbocycles. The number of thioether (sulfide) groups is 1. The van der Waals surface area contributed by atoms with Crippen LogP contribution in [0, 0.1) is 0 Å². The molecule has 0 fully saturated rings. The molecule has 0 atom stereocenters. The first-order chi connectivity index (χ1) is 10.9. The molecule has 0 aliphatic carbocycles. The maximum Gasteiger partial charge on any atom is 0.208 e. The Morgan fingerprint density at radius 2 is 1.59 bits per heavy atom. The minimum absolute atomic E-state index is 0.860. The second-order valence-corrected chi connectivity index (χ2v) is 6.72. The molecular weight excluding hydrogens is 290 g/mol. The number of hydrogen-bond acceptors (Lipinski definition) is 3. The highest BCUT2D eigenvalue weighted by Crippen LogP contribution is 2.20. The van der Waals surface area contributed by atoms with Crippen LogP contribution < -0.4 is 0 Å². The lowest BCUT2D eigenvalue weighted by molar-refractivity contribution is 0.586. The molecule has 0 spiro atoms.